The van der Waals surface area contributed by atoms with E-state index in [4.69, 9.17) is 10.00 Å². The highest BCUT2D eigenvalue weighted by Gasteiger charge is 2.19. The number of rotatable bonds is 3. The summed E-state index contributed by atoms with van der Waals surface area (Å²) in [6.45, 7) is 8.04. The van der Waals surface area contributed by atoms with Crippen LogP contribution in [0.5, 0.6) is 5.75 Å². The average molecular weight is 516 g/mol. The zero-order valence-electron chi connectivity index (χ0n) is 21.0. The van der Waals surface area contributed by atoms with Gasteiger partial charge in [-0.25, -0.2) is 18.2 Å². The molecule has 1 aliphatic rings. The number of halogens is 3. The summed E-state index contributed by atoms with van der Waals surface area (Å²) in [5.41, 5.74) is 3.71. The third-order valence-corrected chi connectivity index (χ3v) is 5.80. The lowest BCUT2D eigenvalue weighted by Crippen LogP contribution is -2.25. The van der Waals surface area contributed by atoms with Crippen molar-refractivity contribution in [2.75, 3.05) is 18.9 Å². The van der Waals surface area contributed by atoms with Gasteiger partial charge in [0.15, 0.2) is 17.5 Å². The third-order valence-electron chi connectivity index (χ3n) is 5.80. The van der Waals surface area contributed by atoms with Crippen LogP contribution >= 0.6 is 0 Å². The lowest BCUT2D eigenvalue weighted by Gasteiger charge is -2.21. The largest absolute Gasteiger partial charge is 0.436 e. The van der Waals surface area contributed by atoms with Crippen LogP contribution in [0.2, 0.25) is 0 Å². The Balaban J connectivity index is 1.69. The molecule has 6 nitrogen and oxygen atoms in total. The minimum absolute atomic E-state index is 0.178. The Hall–Kier alpha value is -4.84. The summed E-state index contributed by atoms with van der Waals surface area (Å²) in [7, 11) is 1.80. The van der Waals surface area contributed by atoms with E-state index in [1.165, 1.54) is 0 Å². The molecule has 0 unspecified atom stereocenters. The zero-order valence-corrected chi connectivity index (χ0v) is 21.0. The van der Waals surface area contributed by atoms with E-state index in [1.54, 1.807) is 68.4 Å². The molecule has 0 radical (unpaired) electrons. The van der Waals surface area contributed by atoms with Gasteiger partial charge in [0.05, 0.1) is 23.9 Å². The van der Waals surface area contributed by atoms with Gasteiger partial charge in [0.25, 0.3) is 0 Å². The summed E-state index contributed by atoms with van der Waals surface area (Å²) in [4.78, 5) is 10.8. The molecular formula is C29H24F3N5O. The number of hydrogen-bond donors (Lipinski definition) is 1. The van der Waals surface area contributed by atoms with Crippen LogP contribution in [0.3, 0.4) is 0 Å². The molecule has 0 saturated carbocycles. The predicted molar refractivity (Wildman–Crippen MR) is 142 cm³/mol. The van der Waals surface area contributed by atoms with Crippen molar-refractivity contribution >= 4 is 17.5 Å². The van der Waals surface area contributed by atoms with E-state index < -0.39 is 17.5 Å². The van der Waals surface area contributed by atoms with Gasteiger partial charge in [0.2, 0.25) is 11.9 Å². The van der Waals surface area contributed by atoms with Crippen molar-refractivity contribution in [2.45, 2.75) is 13.8 Å². The van der Waals surface area contributed by atoms with Gasteiger partial charge in [0, 0.05) is 18.9 Å². The Kier molecular flexibility index (Phi) is 7.63. The normalized spacial score (nSPS) is 15.8. The first kappa shape index (κ1) is 26.2. The number of anilines is 1. The SMILES string of the molecule is C=C1/C(Oc2c(C)cc(-c3cc(F)c(F)c(F)c3)cc2C)=N\C(Nc2ccc(C#N)cc2)=NC/C=C\N1C. The molecule has 0 amide bonds. The van der Waals surface area contributed by atoms with Gasteiger partial charge in [-0.05, 0) is 90.7 Å². The quantitative estimate of drug-likeness (QED) is 0.406. The standard InChI is InChI=1S/C29H24F3N5O/c1-17-12-21(22-14-24(30)26(32)25(31)15-22)13-18(2)27(17)38-28-19(3)37(4)11-5-10-34-29(36-28)35-23-8-6-20(16-33)7-9-23/h5-9,11-15H,3,10H2,1-2,4H3,(H,34,35)/b11-5-,36-28+. The van der Waals surface area contributed by atoms with E-state index in [1.807, 2.05) is 6.08 Å². The summed E-state index contributed by atoms with van der Waals surface area (Å²) in [6, 6.07) is 14.2. The van der Waals surface area contributed by atoms with E-state index in [2.05, 4.69) is 27.9 Å². The van der Waals surface area contributed by atoms with Gasteiger partial charge in [-0.2, -0.15) is 10.3 Å². The molecule has 1 heterocycles. The summed E-state index contributed by atoms with van der Waals surface area (Å²) in [6.07, 6.45) is 3.64. The highest BCUT2D eigenvalue weighted by molar-refractivity contribution is 6.07. The molecule has 0 spiro atoms. The van der Waals surface area contributed by atoms with Gasteiger partial charge < -0.3 is 15.0 Å². The number of hydrogen-bond acceptors (Lipinski definition) is 6. The van der Waals surface area contributed by atoms with E-state index in [-0.39, 0.29) is 17.4 Å². The number of ether oxygens (including phenoxy) is 1. The molecule has 0 atom stereocenters. The number of likely N-dealkylation sites (N-methyl/N-ethyl adjacent to an activating group) is 1. The summed E-state index contributed by atoms with van der Waals surface area (Å²) in [5.74, 6) is -3.10. The fourth-order valence-corrected chi connectivity index (χ4v) is 3.78. The first-order valence-electron chi connectivity index (χ1n) is 11.6. The summed E-state index contributed by atoms with van der Waals surface area (Å²) < 4.78 is 47.3. The van der Waals surface area contributed by atoms with Crippen LogP contribution in [0.15, 0.2) is 83.1 Å². The van der Waals surface area contributed by atoms with Crippen molar-refractivity contribution in [2.24, 2.45) is 9.98 Å². The maximum Gasteiger partial charge on any atom is 0.246 e. The number of aliphatic imine (C=N–C) groups is 2. The van der Waals surface area contributed by atoms with E-state index in [0.29, 0.717) is 45.9 Å². The molecule has 0 aliphatic carbocycles. The minimum atomic E-state index is -1.51. The zero-order chi connectivity index (χ0) is 27.4. The monoisotopic (exact) mass is 515 g/mol. The van der Waals surface area contributed by atoms with Crippen LogP contribution in [-0.2, 0) is 0 Å². The smallest absolute Gasteiger partial charge is 0.246 e. The molecule has 192 valence electrons. The lowest BCUT2D eigenvalue weighted by atomic mass is 9.99. The first-order chi connectivity index (χ1) is 18.2. The Morgan fingerprint density at radius 1 is 1.00 bits per heavy atom. The molecule has 0 bridgehead atoms. The van der Waals surface area contributed by atoms with Gasteiger partial charge in [-0.3, -0.25) is 0 Å². The number of benzene rings is 3. The number of nitriles is 1. The highest BCUT2D eigenvalue weighted by atomic mass is 19.2. The maximum absolute atomic E-state index is 13.8. The van der Waals surface area contributed by atoms with Gasteiger partial charge >= 0.3 is 0 Å². The van der Waals surface area contributed by atoms with Crippen molar-refractivity contribution < 1.29 is 17.9 Å². The maximum atomic E-state index is 13.8. The molecule has 3 aromatic rings. The average Bonchev–Trinajstić information content (AvgIpc) is 2.95. The summed E-state index contributed by atoms with van der Waals surface area (Å²) in [5, 5.41) is 12.2. The number of nitrogens with zero attached hydrogens (tertiary/aromatic N) is 4. The topological polar surface area (TPSA) is 73.0 Å². The van der Waals surface area contributed by atoms with Crippen LogP contribution in [0.25, 0.3) is 11.1 Å². The van der Waals surface area contributed by atoms with Crippen LogP contribution in [-0.4, -0.2) is 30.3 Å². The molecule has 4 rings (SSSR count). The molecule has 1 aliphatic heterocycles. The molecule has 9 heteroatoms. The van der Waals surface area contributed by atoms with Crippen molar-refractivity contribution in [1.82, 2.24) is 4.90 Å². The molecule has 38 heavy (non-hydrogen) atoms. The third kappa shape index (κ3) is 5.76. The van der Waals surface area contributed by atoms with Crippen LogP contribution in [0, 0.1) is 42.6 Å². The van der Waals surface area contributed by atoms with Crippen molar-refractivity contribution in [3.05, 3.63) is 107 Å². The second-order valence-electron chi connectivity index (χ2n) is 8.63. The van der Waals surface area contributed by atoms with Crippen LogP contribution in [0.1, 0.15) is 16.7 Å². The number of aryl methyl sites for hydroxylation is 2. The molecule has 1 N–H and O–H groups in total. The fourth-order valence-electron chi connectivity index (χ4n) is 3.78. The predicted octanol–water partition coefficient (Wildman–Crippen LogP) is 6.48. The van der Waals surface area contributed by atoms with E-state index in [9.17, 15) is 13.2 Å². The van der Waals surface area contributed by atoms with Crippen molar-refractivity contribution in [1.29, 1.82) is 5.26 Å². The molecule has 0 aromatic heterocycles. The Bertz CT molecular complexity index is 1490. The number of nitrogens with one attached hydrogen (secondary N) is 1. The second kappa shape index (κ2) is 11.0. The van der Waals surface area contributed by atoms with Gasteiger partial charge in [0.1, 0.15) is 5.75 Å². The molecule has 0 fully saturated rings. The highest BCUT2D eigenvalue weighted by Crippen LogP contribution is 2.32. The van der Waals surface area contributed by atoms with Crippen LogP contribution < -0.4 is 10.1 Å². The van der Waals surface area contributed by atoms with E-state index >= 15 is 0 Å². The molecule has 0 saturated heterocycles. The number of guanidine groups is 1. The summed E-state index contributed by atoms with van der Waals surface area (Å²) >= 11 is 0. The van der Waals surface area contributed by atoms with Gasteiger partial charge in [-0.15, -0.1) is 0 Å². The van der Waals surface area contributed by atoms with E-state index in [0.717, 1.165) is 12.1 Å². The van der Waals surface area contributed by atoms with Crippen molar-refractivity contribution in [3.63, 3.8) is 0 Å². The lowest BCUT2D eigenvalue weighted by molar-refractivity contribution is 0.447. The molecule has 3 aromatic carbocycles. The Labute approximate surface area is 218 Å². The van der Waals surface area contributed by atoms with Gasteiger partial charge in [-0.1, -0.05) is 6.58 Å². The minimum Gasteiger partial charge on any atom is -0.436 e. The Morgan fingerprint density at radius 2 is 1.61 bits per heavy atom. The van der Waals surface area contributed by atoms with Crippen molar-refractivity contribution in [3.8, 4) is 22.9 Å². The van der Waals surface area contributed by atoms with Crippen LogP contribution in [0.4, 0.5) is 18.9 Å². The second-order valence-corrected chi connectivity index (χ2v) is 8.63. The fraction of sp³-hybridized carbons (Fsp3) is 0.138. The first-order valence-corrected chi connectivity index (χ1v) is 11.6. The molecular weight excluding hydrogens is 491 g/mol. The Morgan fingerprint density at radius 3 is 2.21 bits per heavy atom.